The first-order valence-corrected chi connectivity index (χ1v) is 9.27. The van der Waals surface area contributed by atoms with Crippen LogP contribution in [0.15, 0.2) is 45.6 Å². The van der Waals surface area contributed by atoms with Gasteiger partial charge in [0.25, 0.3) is 0 Å². The van der Waals surface area contributed by atoms with Gasteiger partial charge in [0.1, 0.15) is 18.1 Å². The minimum Gasteiger partial charge on any atom is -0.478 e. The summed E-state index contributed by atoms with van der Waals surface area (Å²) in [6.07, 6.45) is 2.80. The molecule has 0 unspecified atom stereocenters. The van der Waals surface area contributed by atoms with Crippen molar-refractivity contribution in [2.75, 3.05) is 6.73 Å². The van der Waals surface area contributed by atoms with Crippen molar-refractivity contribution >= 4 is 22.6 Å². The minimum absolute atomic E-state index is 0.187. The molecule has 132 valence electrons. The van der Waals surface area contributed by atoms with E-state index in [-0.39, 0.29) is 5.63 Å². The smallest absolute Gasteiger partial charge is 0.339 e. The van der Waals surface area contributed by atoms with E-state index >= 15 is 0 Å². The van der Waals surface area contributed by atoms with Crippen LogP contribution < -0.4 is 10.4 Å². The molecule has 1 aromatic heterocycles. The summed E-state index contributed by atoms with van der Waals surface area (Å²) in [4.78, 5) is 14.6. The van der Waals surface area contributed by atoms with Gasteiger partial charge in [0.05, 0.1) is 5.56 Å². The van der Waals surface area contributed by atoms with Gasteiger partial charge in [-0.1, -0.05) is 23.7 Å². The van der Waals surface area contributed by atoms with Crippen LogP contribution in [0.2, 0.25) is 5.02 Å². The molecule has 1 aliphatic carbocycles. The Hall–Kier alpha value is -2.30. The maximum Gasteiger partial charge on any atom is 0.339 e. The highest BCUT2D eigenvalue weighted by atomic mass is 35.5. The first-order chi connectivity index (χ1) is 12.7. The average Bonchev–Trinajstić information content (AvgIpc) is 3.14. The Balaban J connectivity index is 1.53. The van der Waals surface area contributed by atoms with Crippen LogP contribution in [0.25, 0.3) is 11.0 Å². The number of rotatable bonds is 2. The van der Waals surface area contributed by atoms with Crippen LogP contribution in [0.3, 0.4) is 0 Å². The average molecular weight is 368 g/mol. The maximum atomic E-state index is 12.4. The third-order valence-corrected chi connectivity index (χ3v) is 5.56. The summed E-state index contributed by atoms with van der Waals surface area (Å²) in [5.74, 6) is 0.811. The maximum absolute atomic E-state index is 12.4. The number of ether oxygens (including phenoxy) is 1. The molecule has 0 bridgehead atoms. The first-order valence-electron chi connectivity index (χ1n) is 8.89. The standard InChI is InChI=1S/C21H18ClNO3/c22-14-6-4-13(5-7-14)10-23-11-18-19(25-12-23)9-8-16-15-2-1-3-17(15)21(24)26-20(16)18/h4-9H,1-3,10-12H2. The van der Waals surface area contributed by atoms with Gasteiger partial charge in [0, 0.05) is 29.1 Å². The third-order valence-electron chi connectivity index (χ3n) is 5.31. The highest BCUT2D eigenvalue weighted by Crippen LogP contribution is 2.36. The van der Waals surface area contributed by atoms with E-state index in [1.165, 1.54) is 5.56 Å². The second-order valence-electron chi connectivity index (χ2n) is 7.01. The van der Waals surface area contributed by atoms with Crippen molar-refractivity contribution in [2.45, 2.75) is 32.4 Å². The van der Waals surface area contributed by atoms with Gasteiger partial charge >= 0.3 is 5.63 Å². The molecule has 0 radical (unpaired) electrons. The molecule has 2 aromatic carbocycles. The summed E-state index contributed by atoms with van der Waals surface area (Å²) in [5.41, 5.74) is 4.65. The molecular formula is C21H18ClNO3. The monoisotopic (exact) mass is 367 g/mol. The lowest BCUT2D eigenvalue weighted by molar-refractivity contribution is 0.0889. The lowest BCUT2D eigenvalue weighted by Crippen LogP contribution is -2.31. The van der Waals surface area contributed by atoms with Crippen molar-refractivity contribution in [2.24, 2.45) is 0 Å². The van der Waals surface area contributed by atoms with Crippen molar-refractivity contribution in [3.8, 4) is 5.75 Å². The normalized spacial score (nSPS) is 16.3. The Morgan fingerprint density at radius 3 is 2.65 bits per heavy atom. The van der Waals surface area contributed by atoms with Crippen LogP contribution >= 0.6 is 11.6 Å². The zero-order valence-electron chi connectivity index (χ0n) is 14.3. The van der Waals surface area contributed by atoms with Crippen molar-refractivity contribution in [1.29, 1.82) is 0 Å². The lowest BCUT2D eigenvalue weighted by Gasteiger charge is -2.29. The summed E-state index contributed by atoms with van der Waals surface area (Å²) in [7, 11) is 0. The molecule has 0 amide bonds. The van der Waals surface area contributed by atoms with Gasteiger partial charge in [-0.05, 0) is 54.7 Å². The van der Waals surface area contributed by atoms with E-state index in [0.29, 0.717) is 18.9 Å². The summed E-state index contributed by atoms with van der Waals surface area (Å²) < 4.78 is 11.7. The Bertz CT molecular complexity index is 1060. The van der Waals surface area contributed by atoms with Crippen LogP contribution in [-0.4, -0.2) is 11.6 Å². The van der Waals surface area contributed by atoms with Gasteiger partial charge in [-0.3, -0.25) is 4.90 Å². The fourth-order valence-corrected chi connectivity index (χ4v) is 4.18. The summed E-state index contributed by atoms with van der Waals surface area (Å²) in [6, 6.07) is 11.9. The number of nitrogens with zero attached hydrogens (tertiary/aromatic N) is 1. The second-order valence-corrected chi connectivity index (χ2v) is 7.44. The second kappa shape index (κ2) is 6.15. The summed E-state index contributed by atoms with van der Waals surface area (Å²) >= 11 is 5.97. The van der Waals surface area contributed by atoms with Gasteiger partial charge in [-0.25, -0.2) is 4.79 Å². The summed E-state index contributed by atoms with van der Waals surface area (Å²) in [6.45, 7) is 1.95. The Kier molecular flexibility index (Phi) is 3.76. The molecule has 0 spiro atoms. The van der Waals surface area contributed by atoms with E-state index in [0.717, 1.165) is 58.7 Å². The van der Waals surface area contributed by atoms with E-state index in [9.17, 15) is 4.79 Å². The fraction of sp³-hybridized carbons (Fsp3) is 0.286. The van der Waals surface area contributed by atoms with Crippen LogP contribution in [0.1, 0.15) is 28.7 Å². The molecule has 0 saturated heterocycles. The SMILES string of the molecule is O=c1oc2c3c(ccc2c2c1CCC2)OCN(Cc1ccc(Cl)cc1)C3. The highest BCUT2D eigenvalue weighted by Gasteiger charge is 2.25. The molecular weight excluding hydrogens is 350 g/mol. The highest BCUT2D eigenvalue weighted by molar-refractivity contribution is 6.30. The zero-order valence-corrected chi connectivity index (χ0v) is 15.0. The molecule has 5 heteroatoms. The molecule has 26 heavy (non-hydrogen) atoms. The van der Waals surface area contributed by atoms with Crippen molar-refractivity contribution in [1.82, 2.24) is 4.90 Å². The number of hydrogen-bond donors (Lipinski definition) is 0. The number of hydrogen-bond acceptors (Lipinski definition) is 4. The number of benzene rings is 2. The number of fused-ring (bicyclic) bond motifs is 5. The van der Waals surface area contributed by atoms with Crippen LogP contribution in [-0.2, 0) is 25.9 Å². The molecule has 4 nitrogen and oxygen atoms in total. The third kappa shape index (κ3) is 2.61. The zero-order chi connectivity index (χ0) is 17.7. The molecule has 1 aliphatic heterocycles. The molecule has 5 rings (SSSR count). The van der Waals surface area contributed by atoms with Gasteiger partial charge in [0.15, 0.2) is 0 Å². The van der Waals surface area contributed by atoms with E-state index in [1.54, 1.807) is 0 Å². The minimum atomic E-state index is -0.187. The Morgan fingerprint density at radius 2 is 1.81 bits per heavy atom. The van der Waals surface area contributed by atoms with Crippen molar-refractivity contribution < 1.29 is 9.15 Å². The molecule has 0 saturated carbocycles. The molecule has 2 aliphatic rings. The van der Waals surface area contributed by atoms with E-state index in [1.807, 2.05) is 36.4 Å². The quantitative estimate of drug-likeness (QED) is 0.634. The predicted octanol–water partition coefficient (Wildman–Crippen LogP) is 4.29. The van der Waals surface area contributed by atoms with Crippen molar-refractivity contribution in [3.63, 3.8) is 0 Å². The fourth-order valence-electron chi connectivity index (χ4n) is 4.05. The largest absolute Gasteiger partial charge is 0.478 e. The van der Waals surface area contributed by atoms with Crippen LogP contribution in [0.5, 0.6) is 5.75 Å². The van der Waals surface area contributed by atoms with Gasteiger partial charge in [-0.15, -0.1) is 0 Å². The molecule has 2 heterocycles. The van der Waals surface area contributed by atoms with Gasteiger partial charge in [0.2, 0.25) is 0 Å². The van der Waals surface area contributed by atoms with E-state index < -0.39 is 0 Å². The van der Waals surface area contributed by atoms with E-state index in [4.69, 9.17) is 20.8 Å². The number of halogens is 1. The topological polar surface area (TPSA) is 42.7 Å². The molecule has 0 fully saturated rings. The van der Waals surface area contributed by atoms with Crippen LogP contribution in [0, 0.1) is 0 Å². The molecule has 0 N–H and O–H groups in total. The summed E-state index contributed by atoms with van der Waals surface area (Å²) in [5, 5.41) is 1.79. The van der Waals surface area contributed by atoms with Crippen LogP contribution in [0.4, 0.5) is 0 Å². The Morgan fingerprint density at radius 1 is 1.00 bits per heavy atom. The molecule has 3 aromatic rings. The van der Waals surface area contributed by atoms with Gasteiger partial charge < -0.3 is 9.15 Å². The lowest BCUT2D eigenvalue weighted by atomic mass is 10.0. The van der Waals surface area contributed by atoms with E-state index in [2.05, 4.69) is 4.90 Å². The van der Waals surface area contributed by atoms with Gasteiger partial charge in [-0.2, -0.15) is 0 Å². The molecule has 0 atom stereocenters. The number of aryl methyl sites for hydroxylation is 1. The Labute approximate surface area is 155 Å². The van der Waals surface area contributed by atoms with Crippen molar-refractivity contribution in [3.05, 3.63) is 74.1 Å². The predicted molar refractivity (Wildman–Crippen MR) is 101 cm³/mol. The first kappa shape index (κ1) is 15.9.